The van der Waals surface area contributed by atoms with Crippen molar-refractivity contribution in [3.05, 3.63) is 77.1 Å². The molecule has 0 saturated heterocycles. The smallest absolute Gasteiger partial charge is 0.417 e. The van der Waals surface area contributed by atoms with Crippen LogP contribution in [0.3, 0.4) is 0 Å². The Bertz CT molecular complexity index is 1950. The van der Waals surface area contributed by atoms with Crippen LogP contribution in [0.1, 0.15) is 140 Å². The zero-order chi connectivity index (χ0) is 48.6. The first-order valence-electron chi connectivity index (χ1n) is 23.3. The zero-order valence-electron chi connectivity index (χ0n) is 40.0. The first kappa shape index (κ1) is 54.8. The summed E-state index contributed by atoms with van der Waals surface area (Å²) in [4.78, 5) is 74.5. The molecule has 0 amide bonds. The van der Waals surface area contributed by atoms with Crippen molar-refractivity contribution in [2.75, 3.05) is 47.3 Å². The van der Waals surface area contributed by atoms with E-state index in [1.54, 1.807) is 13.0 Å². The Balaban J connectivity index is 2.15. The highest BCUT2D eigenvalue weighted by molar-refractivity contribution is 6.30. The average Bonchev–Trinajstić information content (AvgIpc) is 3.31. The first-order chi connectivity index (χ1) is 31.6. The van der Waals surface area contributed by atoms with E-state index in [9.17, 15) is 28.8 Å². The Hall–Kier alpha value is -5.53. The number of halogens is 1. The number of ether oxygens (including phenoxy) is 7. The standard InChI is InChI=1S/C52H71FO13/c1-9-11-13-14-16-19-40-28-42(43-26-25-39(30-44(43)53)38-23-21-37(22-24-38)18-15-12-10-2)29-41(20-17-27-62-46(54)35(3)4)45(40)63-31-52(32-64-47(55)36(5)6,33-65-50(58)48(56)60-7)34-66-51(59)49(57)61-8/h25-26,28-30,37-38H,3,5,9-24,27,31-34H2,1-2,4,6-8H3. The van der Waals surface area contributed by atoms with E-state index in [2.05, 4.69) is 36.5 Å². The highest BCUT2D eigenvalue weighted by atomic mass is 19.1. The van der Waals surface area contributed by atoms with Crippen LogP contribution >= 0.6 is 0 Å². The van der Waals surface area contributed by atoms with E-state index in [0.717, 1.165) is 83.5 Å². The summed E-state index contributed by atoms with van der Waals surface area (Å²) in [5.74, 6) is -5.76. The lowest BCUT2D eigenvalue weighted by atomic mass is 9.77. The van der Waals surface area contributed by atoms with E-state index in [1.165, 1.54) is 32.6 Å². The largest absolute Gasteiger partial charge is 0.492 e. The lowest BCUT2D eigenvalue weighted by Gasteiger charge is -2.32. The molecule has 0 aliphatic heterocycles. The van der Waals surface area contributed by atoms with Crippen LogP contribution in [-0.2, 0) is 70.0 Å². The molecule has 13 nitrogen and oxygen atoms in total. The van der Waals surface area contributed by atoms with E-state index >= 15 is 4.39 Å². The summed E-state index contributed by atoms with van der Waals surface area (Å²) in [6.07, 6.45) is 15.2. The van der Waals surface area contributed by atoms with Gasteiger partial charge in [0.1, 0.15) is 43.4 Å². The number of carbonyl (C=O) groups is 6. The van der Waals surface area contributed by atoms with Crippen LogP contribution in [-0.4, -0.2) is 83.1 Å². The van der Waals surface area contributed by atoms with Crippen LogP contribution in [0.2, 0.25) is 0 Å². The summed E-state index contributed by atoms with van der Waals surface area (Å²) >= 11 is 0. The molecule has 66 heavy (non-hydrogen) atoms. The lowest BCUT2D eigenvalue weighted by molar-refractivity contribution is -0.177. The number of hydrogen-bond acceptors (Lipinski definition) is 13. The molecule has 0 radical (unpaired) electrons. The highest BCUT2D eigenvalue weighted by Gasteiger charge is 2.39. The average molecular weight is 923 g/mol. The molecular weight excluding hydrogens is 852 g/mol. The number of unbranched alkanes of at least 4 members (excludes halogenated alkanes) is 6. The minimum absolute atomic E-state index is 0.0314. The van der Waals surface area contributed by atoms with Gasteiger partial charge in [-0.25, -0.2) is 33.2 Å². The number of hydrogen-bond donors (Lipinski definition) is 0. The molecule has 1 fully saturated rings. The predicted octanol–water partition coefficient (Wildman–Crippen LogP) is 9.83. The van der Waals surface area contributed by atoms with Gasteiger partial charge in [0.15, 0.2) is 0 Å². The van der Waals surface area contributed by atoms with E-state index in [4.69, 9.17) is 23.7 Å². The van der Waals surface area contributed by atoms with Gasteiger partial charge in [-0.05, 0) is 118 Å². The third kappa shape index (κ3) is 17.7. The molecule has 14 heteroatoms. The topological polar surface area (TPSA) is 167 Å². The number of benzene rings is 2. The highest BCUT2D eigenvalue weighted by Crippen LogP contribution is 2.40. The van der Waals surface area contributed by atoms with Crippen molar-refractivity contribution in [3.8, 4) is 16.9 Å². The molecule has 3 rings (SSSR count). The van der Waals surface area contributed by atoms with E-state index in [1.807, 2.05) is 24.3 Å². The van der Waals surface area contributed by atoms with Crippen LogP contribution in [0.4, 0.5) is 4.39 Å². The molecule has 364 valence electrons. The maximum Gasteiger partial charge on any atom is 0.417 e. The molecule has 1 aliphatic rings. The summed E-state index contributed by atoms with van der Waals surface area (Å²) in [5.41, 5.74) is 1.89. The molecule has 2 aromatic rings. The van der Waals surface area contributed by atoms with Gasteiger partial charge in [0.05, 0.1) is 20.8 Å². The Morgan fingerprint density at radius 2 is 1.14 bits per heavy atom. The van der Waals surface area contributed by atoms with Crippen LogP contribution in [0.5, 0.6) is 5.75 Å². The molecule has 0 spiro atoms. The summed E-state index contributed by atoms with van der Waals surface area (Å²) in [6, 6.07) is 9.24. The predicted molar refractivity (Wildman–Crippen MR) is 247 cm³/mol. The van der Waals surface area contributed by atoms with Crippen molar-refractivity contribution in [1.82, 2.24) is 0 Å². The molecule has 0 bridgehead atoms. The third-order valence-corrected chi connectivity index (χ3v) is 11.9. The number of methoxy groups -OCH3 is 2. The minimum Gasteiger partial charge on any atom is -0.492 e. The molecule has 0 unspecified atom stereocenters. The van der Waals surface area contributed by atoms with Crippen LogP contribution < -0.4 is 4.74 Å². The number of esters is 6. The van der Waals surface area contributed by atoms with Gasteiger partial charge in [-0.1, -0.05) is 90.5 Å². The van der Waals surface area contributed by atoms with E-state index in [-0.39, 0.29) is 29.5 Å². The molecule has 0 N–H and O–H groups in total. The molecule has 2 aromatic carbocycles. The number of carbonyl (C=O) groups excluding carboxylic acids is 6. The summed E-state index contributed by atoms with van der Waals surface area (Å²) < 4.78 is 53.7. The van der Waals surface area contributed by atoms with Gasteiger partial charge in [0, 0.05) is 16.7 Å². The Labute approximate surface area is 390 Å². The van der Waals surface area contributed by atoms with Crippen molar-refractivity contribution in [2.45, 2.75) is 136 Å². The van der Waals surface area contributed by atoms with Gasteiger partial charge < -0.3 is 33.2 Å². The second-order valence-corrected chi connectivity index (χ2v) is 17.5. The van der Waals surface area contributed by atoms with Crippen LogP contribution in [0, 0.1) is 17.2 Å². The van der Waals surface area contributed by atoms with Gasteiger partial charge in [-0.3, -0.25) is 0 Å². The summed E-state index contributed by atoms with van der Waals surface area (Å²) in [7, 11) is 1.98. The fraction of sp³-hybridized carbons (Fsp3) is 0.577. The quantitative estimate of drug-likeness (QED) is 0.0273. The van der Waals surface area contributed by atoms with E-state index < -0.39 is 67.7 Å². The van der Waals surface area contributed by atoms with Gasteiger partial charge in [0.2, 0.25) is 0 Å². The second-order valence-electron chi connectivity index (χ2n) is 17.5. The number of rotatable bonds is 27. The monoisotopic (exact) mass is 922 g/mol. The maximum absolute atomic E-state index is 16.5. The Morgan fingerprint density at radius 3 is 1.67 bits per heavy atom. The SMILES string of the molecule is C=C(C)C(=O)OCCCc1cc(-c2ccc(C3CCC(CCCCC)CC3)cc2F)cc(CCCCCCC)c1OCC(COC(=O)C(=C)C)(COC(=O)C(=O)OC)COC(=O)C(=O)OC. The van der Waals surface area contributed by atoms with Crippen molar-refractivity contribution in [3.63, 3.8) is 0 Å². The van der Waals surface area contributed by atoms with Crippen LogP contribution in [0.25, 0.3) is 11.1 Å². The molecular formula is C52H71FO13. The molecule has 1 saturated carbocycles. The minimum atomic E-state index is -1.74. The summed E-state index contributed by atoms with van der Waals surface area (Å²) in [5, 5.41) is 0. The maximum atomic E-state index is 16.5. The molecule has 0 aromatic heterocycles. The first-order valence-corrected chi connectivity index (χ1v) is 23.3. The molecule has 1 aliphatic carbocycles. The van der Waals surface area contributed by atoms with Gasteiger partial charge >= 0.3 is 35.8 Å². The van der Waals surface area contributed by atoms with Crippen molar-refractivity contribution >= 4 is 35.8 Å². The van der Waals surface area contributed by atoms with Crippen molar-refractivity contribution in [2.24, 2.45) is 11.3 Å². The Morgan fingerprint density at radius 1 is 0.621 bits per heavy atom. The van der Waals surface area contributed by atoms with Gasteiger partial charge in [0.25, 0.3) is 0 Å². The fourth-order valence-corrected chi connectivity index (χ4v) is 7.96. The normalized spacial score (nSPS) is 14.7. The van der Waals surface area contributed by atoms with Crippen LogP contribution in [0.15, 0.2) is 54.6 Å². The zero-order valence-corrected chi connectivity index (χ0v) is 40.0. The fourth-order valence-electron chi connectivity index (χ4n) is 7.96. The Kier molecular flexibility index (Phi) is 23.7. The van der Waals surface area contributed by atoms with Gasteiger partial charge in [-0.2, -0.15) is 0 Å². The van der Waals surface area contributed by atoms with E-state index in [0.29, 0.717) is 47.3 Å². The summed E-state index contributed by atoms with van der Waals surface area (Å²) in [6.45, 7) is 12.1. The third-order valence-electron chi connectivity index (χ3n) is 11.9. The lowest BCUT2D eigenvalue weighted by Crippen LogP contribution is -2.45. The van der Waals surface area contributed by atoms with Crippen molar-refractivity contribution in [1.29, 1.82) is 0 Å². The number of aryl methyl sites for hydroxylation is 2. The molecule has 0 heterocycles. The van der Waals surface area contributed by atoms with Crippen molar-refractivity contribution < 1.29 is 66.3 Å². The second kappa shape index (κ2) is 28.5. The molecule has 0 atom stereocenters. The van der Waals surface area contributed by atoms with Gasteiger partial charge in [-0.15, -0.1) is 0 Å².